The number of carbonyl (C=O) groups excluding carboxylic acids is 2. The van der Waals surface area contributed by atoms with Crippen LogP contribution in [0.2, 0.25) is 0 Å². The fourth-order valence-corrected chi connectivity index (χ4v) is 3.23. The predicted molar refractivity (Wildman–Crippen MR) is 114 cm³/mol. The Bertz CT molecular complexity index is 641. The minimum atomic E-state index is -0.0355. The van der Waals surface area contributed by atoms with Gasteiger partial charge in [0.1, 0.15) is 0 Å². The highest BCUT2D eigenvalue weighted by molar-refractivity contribution is 5.77. The van der Waals surface area contributed by atoms with Crippen LogP contribution in [0.5, 0.6) is 0 Å². The van der Waals surface area contributed by atoms with Crippen molar-refractivity contribution in [3.63, 3.8) is 0 Å². The van der Waals surface area contributed by atoms with Crippen LogP contribution in [0.4, 0.5) is 4.79 Å². The second-order valence-electron chi connectivity index (χ2n) is 8.85. The molecule has 1 aliphatic rings. The van der Waals surface area contributed by atoms with Gasteiger partial charge in [0.25, 0.3) is 0 Å². The van der Waals surface area contributed by atoms with Gasteiger partial charge in [-0.05, 0) is 37.1 Å². The number of piperazine rings is 1. The Kier molecular flexibility index (Phi) is 7.87. The summed E-state index contributed by atoms with van der Waals surface area (Å²) in [4.78, 5) is 30.2. The van der Waals surface area contributed by atoms with Crippen LogP contribution in [0.3, 0.4) is 0 Å². The lowest BCUT2D eigenvalue weighted by molar-refractivity contribution is -0.132. The minimum absolute atomic E-state index is 0.0355. The molecule has 3 amide bonds. The third-order valence-corrected chi connectivity index (χ3v) is 5.20. The smallest absolute Gasteiger partial charge is 0.317 e. The Balaban J connectivity index is 1.69. The van der Waals surface area contributed by atoms with E-state index in [1.807, 2.05) is 23.9 Å². The van der Waals surface area contributed by atoms with Gasteiger partial charge in [-0.25, -0.2) is 4.79 Å². The van der Waals surface area contributed by atoms with Crippen molar-refractivity contribution in [2.24, 2.45) is 0 Å². The van der Waals surface area contributed by atoms with Gasteiger partial charge in [0.15, 0.2) is 0 Å². The number of benzene rings is 1. The topological polar surface area (TPSA) is 55.9 Å². The third-order valence-electron chi connectivity index (χ3n) is 5.20. The number of rotatable bonds is 6. The van der Waals surface area contributed by atoms with Gasteiger partial charge < -0.3 is 20.0 Å². The van der Waals surface area contributed by atoms with Gasteiger partial charge in [-0.1, -0.05) is 45.0 Å². The molecule has 0 bridgehead atoms. The second-order valence-corrected chi connectivity index (χ2v) is 8.85. The number of hydrogen-bond acceptors (Lipinski definition) is 3. The third kappa shape index (κ3) is 6.82. The highest BCUT2D eigenvalue weighted by Gasteiger charge is 2.23. The van der Waals surface area contributed by atoms with Crippen LogP contribution < -0.4 is 5.32 Å². The molecule has 1 saturated heterocycles. The lowest BCUT2D eigenvalue weighted by Crippen LogP contribution is -2.53. The molecule has 28 heavy (non-hydrogen) atoms. The van der Waals surface area contributed by atoms with Crippen molar-refractivity contribution in [1.82, 2.24) is 20.0 Å². The van der Waals surface area contributed by atoms with Crippen LogP contribution in [0.25, 0.3) is 0 Å². The predicted octanol–water partition coefficient (Wildman–Crippen LogP) is 2.33. The zero-order chi connectivity index (χ0) is 20.7. The molecule has 0 radical (unpaired) electrons. The molecular formula is C22H36N4O2. The van der Waals surface area contributed by atoms with Crippen molar-refractivity contribution in [3.8, 4) is 0 Å². The summed E-state index contributed by atoms with van der Waals surface area (Å²) in [6.45, 7) is 10.4. The molecule has 1 aliphatic heterocycles. The summed E-state index contributed by atoms with van der Waals surface area (Å²) in [7, 11) is 3.93. The van der Waals surface area contributed by atoms with Crippen molar-refractivity contribution in [3.05, 3.63) is 35.4 Å². The first-order chi connectivity index (χ1) is 13.2. The summed E-state index contributed by atoms with van der Waals surface area (Å²) in [5, 5.41) is 3.01. The summed E-state index contributed by atoms with van der Waals surface area (Å²) in [5.74, 6) is 0.174. The molecular weight excluding hydrogens is 352 g/mol. The Morgan fingerprint density at radius 2 is 1.57 bits per heavy atom. The molecule has 156 valence electrons. The maximum absolute atomic E-state index is 12.4. The van der Waals surface area contributed by atoms with Gasteiger partial charge in [0, 0.05) is 45.7 Å². The van der Waals surface area contributed by atoms with Crippen LogP contribution in [0.1, 0.15) is 38.3 Å². The maximum atomic E-state index is 12.4. The first-order valence-electron chi connectivity index (χ1n) is 10.2. The Morgan fingerprint density at radius 3 is 2.11 bits per heavy atom. The number of amides is 3. The van der Waals surface area contributed by atoms with E-state index in [4.69, 9.17) is 0 Å². The lowest BCUT2D eigenvalue weighted by atomic mass is 9.86. The lowest BCUT2D eigenvalue weighted by Gasteiger charge is -2.35. The molecule has 0 atom stereocenters. The quantitative estimate of drug-likeness (QED) is 0.814. The molecule has 1 aromatic rings. The molecule has 0 aromatic heterocycles. The molecule has 1 fully saturated rings. The van der Waals surface area contributed by atoms with Gasteiger partial charge in [0.05, 0.1) is 0 Å². The standard InChI is InChI=1S/C22H36N4O2/c1-22(2,3)19-8-6-18(7-9-19)10-12-23-21(28)26-16-14-25(15-17-26)20(27)11-13-24(4)5/h6-9H,10-17H2,1-5H3,(H,23,28). The largest absolute Gasteiger partial charge is 0.339 e. The molecule has 1 N–H and O–H groups in total. The van der Waals surface area contributed by atoms with E-state index < -0.39 is 0 Å². The van der Waals surface area contributed by atoms with Crippen molar-refractivity contribution in [2.45, 2.75) is 39.0 Å². The van der Waals surface area contributed by atoms with Crippen molar-refractivity contribution >= 4 is 11.9 Å². The number of carbonyl (C=O) groups is 2. The number of nitrogens with zero attached hydrogens (tertiary/aromatic N) is 3. The minimum Gasteiger partial charge on any atom is -0.339 e. The molecule has 0 aliphatic carbocycles. The molecule has 1 aromatic carbocycles. The fourth-order valence-electron chi connectivity index (χ4n) is 3.23. The average molecular weight is 389 g/mol. The van der Waals surface area contributed by atoms with Crippen LogP contribution in [0.15, 0.2) is 24.3 Å². The average Bonchev–Trinajstić information content (AvgIpc) is 2.65. The maximum Gasteiger partial charge on any atom is 0.317 e. The summed E-state index contributed by atoms with van der Waals surface area (Å²) in [6, 6.07) is 8.59. The second kappa shape index (κ2) is 9.92. The number of nitrogens with one attached hydrogen (secondary N) is 1. The molecule has 6 heteroatoms. The number of urea groups is 1. The van der Waals surface area contributed by atoms with Crippen LogP contribution in [-0.4, -0.2) is 80.0 Å². The summed E-state index contributed by atoms with van der Waals surface area (Å²) in [5.41, 5.74) is 2.70. The van der Waals surface area contributed by atoms with E-state index in [0.29, 0.717) is 39.1 Å². The van der Waals surface area contributed by atoms with Gasteiger partial charge in [-0.15, -0.1) is 0 Å². The Hall–Kier alpha value is -2.08. The highest BCUT2D eigenvalue weighted by atomic mass is 16.2. The fraction of sp³-hybridized carbons (Fsp3) is 0.636. The summed E-state index contributed by atoms with van der Waals surface area (Å²) < 4.78 is 0. The number of hydrogen-bond donors (Lipinski definition) is 1. The summed E-state index contributed by atoms with van der Waals surface area (Å²) in [6.07, 6.45) is 1.35. The van der Waals surface area contributed by atoms with E-state index in [1.165, 1.54) is 11.1 Å². The molecule has 0 unspecified atom stereocenters. The first-order valence-corrected chi connectivity index (χ1v) is 10.2. The molecule has 2 rings (SSSR count). The highest BCUT2D eigenvalue weighted by Crippen LogP contribution is 2.22. The zero-order valence-electron chi connectivity index (χ0n) is 18.1. The SMILES string of the molecule is CN(C)CCC(=O)N1CCN(C(=O)NCCc2ccc(C(C)(C)C)cc2)CC1. The van der Waals surface area contributed by atoms with Crippen LogP contribution in [0, 0.1) is 0 Å². The van der Waals surface area contributed by atoms with Crippen molar-refractivity contribution in [2.75, 3.05) is 53.4 Å². The van der Waals surface area contributed by atoms with E-state index in [0.717, 1.165) is 13.0 Å². The van der Waals surface area contributed by atoms with E-state index in [9.17, 15) is 9.59 Å². The van der Waals surface area contributed by atoms with Crippen molar-refractivity contribution < 1.29 is 9.59 Å². The van der Waals surface area contributed by atoms with Gasteiger partial charge in [-0.3, -0.25) is 4.79 Å². The normalized spacial score (nSPS) is 15.1. The van der Waals surface area contributed by atoms with Gasteiger partial charge in [0.2, 0.25) is 5.91 Å². The molecule has 1 heterocycles. The first kappa shape index (κ1) is 22.2. The van der Waals surface area contributed by atoms with E-state index in [-0.39, 0.29) is 17.4 Å². The van der Waals surface area contributed by atoms with E-state index in [2.05, 4.69) is 50.4 Å². The van der Waals surface area contributed by atoms with Gasteiger partial charge in [-0.2, -0.15) is 0 Å². The van der Waals surface area contributed by atoms with Crippen molar-refractivity contribution in [1.29, 1.82) is 0 Å². The Morgan fingerprint density at radius 1 is 1.00 bits per heavy atom. The summed E-state index contributed by atoms with van der Waals surface area (Å²) >= 11 is 0. The Labute approximate surface area is 169 Å². The monoisotopic (exact) mass is 388 g/mol. The molecule has 6 nitrogen and oxygen atoms in total. The van der Waals surface area contributed by atoms with E-state index in [1.54, 1.807) is 4.90 Å². The zero-order valence-corrected chi connectivity index (χ0v) is 18.1. The van der Waals surface area contributed by atoms with Crippen LogP contribution in [-0.2, 0) is 16.6 Å². The molecule has 0 spiro atoms. The molecule has 0 saturated carbocycles. The van der Waals surface area contributed by atoms with Gasteiger partial charge >= 0.3 is 6.03 Å². The van der Waals surface area contributed by atoms with E-state index >= 15 is 0 Å². The van der Waals surface area contributed by atoms with Crippen LogP contribution >= 0.6 is 0 Å².